The van der Waals surface area contributed by atoms with E-state index in [9.17, 15) is 9.59 Å². The van der Waals surface area contributed by atoms with Crippen molar-refractivity contribution < 1.29 is 9.59 Å². The molecular formula is C22H35N5O2. The van der Waals surface area contributed by atoms with Crippen molar-refractivity contribution in [1.29, 1.82) is 0 Å². The van der Waals surface area contributed by atoms with Crippen molar-refractivity contribution in [1.82, 2.24) is 25.3 Å². The first kappa shape index (κ1) is 20.4. The summed E-state index contributed by atoms with van der Waals surface area (Å²) in [5.41, 5.74) is 1.82. The van der Waals surface area contributed by atoms with Gasteiger partial charge in [-0.3, -0.25) is 14.7 Å². The first-order chi connectivity index (χ1) is 13.8. The van der Waals surface area contributed by atoms with Crippen LogP contribution < -0.4 is 5.32 Å². The smallest absolute Gasteiger partial charge is 0.272 e. The van der Waals surface area contributed by atoms with Crippen LogP contribution in [-0.4, -0.2) is 71.6 Å². The van der Waals surface area contributed by atoms with Gasteiger partial charge in [0.25, 0.3) is 5.91 Å². The molecule has 1 aliphatic carbocycles. The van der Waals surface area contributed by atoms with Crippen molar-refractivity contribution >= 4 is 11.8 Å². The Morgan fingerprint density at radius 3 is 2.55 bits per heavy atom. The molecule has 2 N–H and O–H groups in total. The minimum absolute atomic E-state index is 0.0358. The minimum atomic E-state index is 0.0358. The quantitative estimate of drug-likeness (QED) is 0.734. The number of likely N-dealkylation sites (tertiary alicyclic amines) is 2. The van der Waals surface area contributed by atoms with E-state index in [1.807, 2.05) is 11.1 Å². The molecule has 0 unspecified atom stereocenters. The van der Waals surface area contributed by atoms with E-state index in [1.54, 1.807) is 0 Å². The van der Waals surface area contributed by atoms with Crippen molar-refractivity contribution in [3.8, 4) is 0 Å². The Morgan fingerprint density at radius 1 is 1.21 bits per heavy atom. The van der Waals surface area contributed by atoms with E-state index in [0.717, 1.165) is 51.0 Å². The highest BCUT2D eigenvalue weighted by atomic mass is 16.2. The van der Waals surface area contributed by atoms with Gasteiger partial charge in [-0.1, -0.05) is 13.8 Å². The molecule has 2 amide bonds. The first-order valence-electron chi connectivity index (χ1n) is 11.1. The third kappa shape index (κ3) is 4.82. The number of amides is 2. The van der Waals surface area contributed by atoms with E-state index in [-0.39, 0.29) is 23.1 Å². The van der Waals surface area contributed by atoms with Crippen LogP contribution in [0.2, 0.25) is 0 Å². The second-order valence-corrected chi connectivity index (χ2v) is 10.2. The number of carbonyl (C=O) groups excluding carboxylic acids is 2. The zero-order valence-electron chi connectivity index (χ0n) is 18.0. The van der Waals surface area contributed by atoms with E-state index in [4.69, 9.17) is 0 Å². The summed E-state index contributed by atoms with van der Waals surface area (Å²) < 4.78 is 0. The molecule has 0 spiro atoms. The molecule has 7 nitrogen and oxygen atoms in total. The fourth-order valence-electron chi connectivity index (χ4n) is 4.79. The molecule has 2 saturated heterocycles. The Kier molecular flexibility index (Phi) is 5.69. The molecule has 4 rings (SSSR count). The van der Waals surface area contributed by atoms with E-state index < -0.39 is 0 Å². The van der Waals surface area contributed by atoms with Crippen LogP contribution in [0, 0.1) is 17.3 Å². The summed E-state index contributed by atoms with van der Waals surface area (Å²) in [4.78, 5) is 29.5. The zero-order valence-corrected chi connectivity index (χ0v) is 18.0. The fraction of sp³-hybridized carbons (Fsp3) is 0.773. The number of rotatable bonds is 7. The highest BCUT2D eigenvalue weighted by Crippen LogP contribution is 2.41. The van der Waals surface area contributed by atoms with Gasteiger partial charge in [-0.15, -0.1) is 0 Å². The molecular weight excluding hydrogens is 366 g/mol. The number of nitrogens with zero attached hydrogens (tertiary/aromatic N) is 3. The predicted molar refractivity (Wildman–Crippen MR) is 112 cm³/mol. The average molecular weight is 402 g/mol. The average Bonchev–Trinajstić information content (AvgIpc) is 3.39. The molecule has 3 aliphatic rings. The van der Waals surface area contributed by atoms with Gasteiger partial charge in [-0.05, 0) is 69.5 Å². The second kappa shape index (κ2) is 8.09. The molecule has 1 aromatic heterocycles. The largest absolute Gasteiger partial charge is 0.355 e. The summed E-state index contributed by atoms with van der Waals surface area (Å²) in [6, 6.07) is 0. The number of hydrogen-bond acceptors (Lipinski definition) is 4. The van der Waals surface area contributed by atoms with Crippen molar-refractivity contribution in [2.45, 2.75) is 51.9 Å². The van der Waals surface area contributed by atoms with Crippen molar-refractivity contribution in [2.24, 2.45) is 17.3 Å². The highest BCUT2D eigenvalue weighted by molar-refractivity contribution is 5.94. The Hall–Kier alpha value is -1.89. The molecule has 1 saturated carbocycles. The number of nitrogens with one attached hydrogen (secondary N) is 2. The molecule has 0 atom stereocenters. The molecule has 3 heterocycles. The molecule has 0 radical (unpaired) electrons. The van der Waals surface area contributed by atoms with Crippen LogP contribution >= 0.6 is 0 Å². The fourth-order valence-corrected chi connectivity index (χ4v) is 4.79. The third-order valence-corrected chi connectivity index (χ3v) is 6.82. The van der Waals surface area contributed by atoms with Gasteiger partial charge in [-0.2, -0.15) is 5.10 Å². The van der Waals surface area contributed by atoms with Crippen LogP contribution in [0.4, 0.5) is 0 Å². The maximum absolute atomic E-state index is 12.8. The zero-order chi connectivity index (χ0) is 20.6. The number of piperidine rings is 1. The lowest BCUT2D eigenvalue weighted by molar-refractivity contribution is -0.126. The predicted octanol–water partition coefficient (Wildman–Crippen LogP) is 2.23. The molecule has 7 heteroatoms. The Morgan fingerprint density at radius 2 is 1.90 bits per heavy atom. The van der Waals surface area contributed by atoms with Gasteiger partial charge in [0.2, 0.25) is 5.91 Å². The lowest BCUT2D eigenvalue weighted by Gasteiger charge is -2.43. The normalized spacial score (nSPS) is 21.8. The topological polar surface area (TPSA) is 81.3 Å². The van der Waals surface area contributed by atoms with Crippen LogP contribution in [0.15, 0.2) is 6.20 Å². The molecule has 2 aliphatic heterocycles. The van der Waals surface area contributed by atoms with Gasteiger partial charge in [0.1, 0.15) is 5.69 Å². The van der Waals surface area contributed by atoms with E-state index in [2.05, 4.69) is 41.3 Å². The van der Waals surface area contributed by atoms with Gasteiger partial charge in [0.05, 0.1) is 6.20 Å². The van der Waals surface area contributed by atoms with Crippen LogP contribution in [0.1, 0.15) is 67.9 Å². The van der Waals surface area contributed by atoms with Crippen LogP contribution in [0.5, 0.6) is 0 Å². The summed E-state index contributed by atoms with van der Waals surface area (Å²) in [6.07, 6.45) is 7.08. The molecule has 3 fully saturated rings. The highest BCUT2D eigenvalue weighted by Gasteiger charge is 2.38. The summed E-state index contributed by atoms with van der Waals surface area (Å²) in [5.74, 6) is 1.49. The Labute approximate surface area is 173 Å². The van der Waals surface area contributed by atoms with Crippen molar-refractivity contribution in [2.75, 3.05) is 39.8 Å². The SMILES string of the molecule is CN1CCC(C(=O)NCC(C)(C)CC2CN(C(=O)c3[nH]ncc3C3CC3)C2)CC1. The maximum atomic E-state index is 12.8. The van der Waals surface area contributed by atoms with Crippen LogP contribution in [0.3, 0.4) is 0 Å². The number of hydrogen-bond donors (Lipinski definition) is 2. The summed E-state index contributed by atoms with van der Waals surface area (Å²) >= 11 is 0. The molecule has 29 heavy (non-hydrogen) atoms. The third-order valence-electron chi connectivity index (χ3n) is 6.82. The molecule has 1 aromatic rings. The summed E-state index contributed by atoms with van der Waals surface area (Å²) in [5, 5.41) is 10.2. The first-order valence-corrected chi connectivity index (χ1v) is 11.1. The Balaban J connectivity index is 1.20. The van der Waals surface area contributed by atoms with E-state index in [0.29, 0.717) is 24.1 Å². The minimum Gasteiger partial charge on any atom is -0.355 e. The van der Waals surface area contributed by atoms with Gasteiger partial charge in [-0.25, -0.2) is 0 Å². The van der Waals surface area contributed by atoms with Gasteiger partial charge in [0.15, 0.2) is 0 Å². The maximum Gasteiger partial charge on any atom is 0.272 e. The Bertz CT molecular complexity index is 740. The van der Waals surface area contributed by atoms with Crippen LogP contribution in [-0.2, 0) is 4.79 Å². The van der Waals surface area contributed by atoms with Crippen LogP contribution in [0.25, 0.3) is 0 Å². The van der Waals surface area contributed by atoms with E-state index >= 15 is 0 Å². The lowest BCUT2D eigenvalue weighted by Crippen LogP contribution is -2.52. The second-order valence-electron chi connectivity index (χ2n) is 10.2. The number of carbonyl (C=O) groups is 2. The van der Waals surface area contributed by atoms with Gasteiger partial charge < -0.3 is 15.1 Å². The number of H-pyrrole nitrogens is 1. The number of aromatic nitrogens is 2. The van der Waals surface area contributed by atoms with Gasteiger partial charge >= 0.3 is 0 Å². The molecule has 0 bridgehead atoms. The number of aromatic amines is 1. The lowest BCUT2D eigenvalue weighted by atomic mass is 9.79. The molecule has 160 valence electrons. The van der Waals surface area contributed by atoms with E-state index in [1.165, 1.54) is 12.8 Å². The monoisotopic (exact) mass is 401 g/mol. The summed E-state index contributed by atoms with van der Waals surface area (Å²) in [6.45, 7) is 8.75. The van der Waals surface area contributed by atoms with Crippen molar-refractivity contribution in [3.63, 3.8) is 0 Å². The van der Waals surface area contributed by atoms with Gasteiger partial charge in [0, 0.05) is 31.1 Å². The summed E-state index contributed by atoms with van der Waals surface area (Å²) in [7, 11) is 2.11. The molecule has 0 aromatic carbocycles. The standard InChI is InChI=1S/C22H35N5O2/c1-22(2,14-23-20(28)17-6-8-26(3)9-7-17)10-15-12-27(13-15)21(29)19-18(11-24-25-19)16-4-5-16/h11,15-17H,4-10,12-14H2,1-3H3,(H,23,28)(H,24,25). The van der Waals surface area contributed by atoms with Crippen molar-refractivity contribution in [3.05, 3.63) is 17.5 Å².